The summed E-state index contributed by atoms with van der Waals surface area (Å²) < 4.78 is 0. The zero-order valence-electron chi connectivity index (χ0n) is 8.60. The van der Waals surface area contributed by atoms with Crippen molar-refractivity contribution in [3.63, 3.8) is 0 Å². The number of hydrogen-bond acceptors (Lipinski definition) is 1. The SMILES string of the molecule is O=C(O)Cc1ccc2ccccc2c1.[Rb]. The van der Waals surface area contributed by atoms with Crippen LogP contribution in [0.1, 0.15) is 5.56 Å². The van der Waals surface area contributed by atoms with Gasteiger partial charge in [-0.2, -0.15) is 0 Å². The number of benzene rings is 2. The van der Waals surface area contributed by atoms with Gasteiger partial charge in [-0.25, -0.2) is 0 Å². The van der Waals surface area contributed by atoms with E-state index in [2.05, 4.69) is 0 Å². The molecule has 2 aromatic carbocycles. The van der Waals surface area contributed by atoms with Gasteiger partial charge in [-0.15, -0.1) is 0 Å². The molecule has 0 bridgehead atoms. The number of hydrogen-bond donors (Lipinski definition) is 1. The number of carbonyl (C=O) groups is 1. The largest absolute Gasteiger partial charge is 0.481 e. The smallest absolute Gasteiger partial charge is 0.307 e. The van der Waals surface area contributed by atoms with Crippen molar-refractivity contribution in [2.75, 3.05) is 0 Å². The van der Waals surface area contributed by atoms with E-state index in [0.717, 1.165) is 16.3 Å². The van der Waals surface area contributed by atoms with Crippen LogP contribution in [-0.2, 0) is 11.2 Å². The van der Waals surface area contributed by atoms with Crippen molar-refractivity contribution in [3.8, 4) is 0 Å². The fourth-order valence-electron chi connectivity index (χ4n) is 1.52. The third-order valence-electron chi connectivity index (χ3n) is 2.17. The summed E-state index contributed by atoms with van der Waals surface area (Å²) in [4.78, 5) is 10.5. The van der Waals surface area contributed by atoms with Gasteiger partial charge in [0.25, 0.3) is 0 Å². The molecule has 1 N–H and O–H groups in total. The number of rotatable bonds is 2. The molecular formula is C12H10O2Rb. The normalized spacial score (nSPS) is 9.60. The van der Waals surface area contributed by atoms with Gasteiger partial charge >= 0.3 is 5.97 Å². The van der Waals surface area contributed by atoms with Gasteiger partial charge in [0.2, 0.25) is 0 Å². The molecule has 0 heterocycles. The van der Waals surface area contributed by atoms with E-state index < -0.39 is 5.97 Å². The number of carboxylic acids is 1. The van der Waals surface area contributed by atoms with Crippen molar-refractivity contribution in [2.45, 2.75) is 6.42 Å². The molecule has 0 aliphatic rings. The van der Waals surface area contributed by atoms with Crippen LogP contribution in [0, 0.1) is 0 Å². The fourth-order valence-corrected chi connectivity index (χ4v) is 1.52. The van der Waals surface area contributed by atoms with Gasteiger partial charge < -0.3 is 5.11 Å². The van der Waals surface area contributed by atoms with Crippen LogP contribution in [0.4, 0.5) is 0 Å². The predicted octanol–water partition coefficient (Wildman–Crippen LogP) is 2.09. The monoisotopic (exact) mass is 271 g/mol. The van der Waals surface area contributed by atoms with Crippen LogP contribution in [0.3, 0.4) is 0 Å². The Hall–Kier alpha value is -0.0248. The molecule has 0 atom stereocenters. The maximum Gasteiger partial charge on any atom is 0.307 e. The molecule has 0 aliphatic carbocycles. The van der Waals surface area contributed by atoms with Crippen molar-refractivity contribution >= 4 is 74.9 Å². The average molecular weight is 272 g/mol. The average Bonchev–Trinajstić information content (AvgIpc) is 2.17. The number of carboxylic acid groups (broad SMARTS) is 1. The van der Waals surface area contributed by atoms with E-state index in [1.165, 1.54) is 0 Å². The molecule has 1 radical (unpaired) electrons. The standard InChI is InChI=1S/C12H10O2.Rb/c13-12(14)8-9-5-6-10-3-1-2-4-11(10)7-9;/h1-7H,8H2,(H,13,14);. The molecule has 0 aliphatic heterocycles. The second-order valence-corrected chi connectivity index (χ2v) is 3.25. The molecule has 0 unspecified atom stereocenters. The van der Waals surface area contributed by atoms with Crippen LogP contribution < -0.4 is 0 Å². The summed E-state index contributed by atoms with van der Waals surface area (Å²) >= 11 is 0. The summed E-state index contributed by atoms with van der Waals surface area (Å²) in [6, 6.07) is 13.7. The molecule has 0 amide bonds. The molecule has 15 heavy (non-hydrogen) atoms. The van der Waals surface area contributed by atoms with E-state index in [9.17, 15) is 4.79 Å². The van der Waals surface area contributed by atoms with Crippen LogP contribution in [-0.4, -0.2) is 69.3 Å². The van der Waals surface area contributed by atoms with Gasteiger partial charge in [0.1, 0.15) is 0 Å². The summed E-state index contributed by atoms with van der Waals surface area (Å²) in [6.07, 6.45) is 0.0881. The van der Waals surface area contributed by atoms with E-state index >= 15 is 0 Å². The second kappa shape index (κ2) is 5.90. The number of aliphatic carboxylic acids is 1. The van der Waals surface area contributed by atoms with Crippen LogP contribution in [0.15, 0.2) is 42.5 Å². The van der Waals surface area contributed by atoms with Crippen molar-refractivity contribution < 1.29 is 9.90 Å². The van der Waals surface area contributed by atoms with Crippen LogP contribution in [0.5, 0.6) is 0 Å². The van der Waals surface area contributed by atoms with E-state index in [0.29, 0.717) is 0 Å². The molecule has 0 spiro atoms. The van der Waals surface area contributed by atoms with Crippen LogP contribution in [0.25, 0.3) is 10.8 Å². The Kier molecular flexibility index (Phi) is 5.13. The van der Waals surface area contributed by atoms with Gasteiger partial charge in [-0.1, -0.05) is 42.5 Å². The molecule has 2 aromatic rings. The summed E-state index contributed by atoms with van der Waals surface area (Å²) in [5.41, 5.74) is 0.844. The van der Waals surface area contributed by atoms with E-state index in [1.807, 2.05) is 42.5 Å². The maximum atomic E-state index is 10.5. The Morgan fingerprint density at radius 3 is 2.40 bits per heavy atom. The summed E-state index contributed by atoms with van der Waals surface area (Å²) in [5, 5.41) is 10.9. The molecule has 2 nitrogen and oxygen atoms in total. The van der Waals surface area contributed by atoms with Crippen molar-refractivity contribution in [3.05, 3.63) is 48.0 Å². The molecule has 2 rings (SSSR count). The van der Waals surface area contributed by atoms with Gasteiger partial charge in [0, 0.05) is 58.2 Å². The van der Waals surface area contributed by atoms with Crippen LogP contribution in [0.2, 0.25) is 0 Å². The quantitative estimate of drug-likeness (QED) is 0.908. The molecular weight excluding hydrogens is 262 g/mol. The first-order valence-corrected chi connectivity index (χ1v) is 4.45. The van der Waals surface area contributed by atoms with Crippen LogP contribution >= 0.6 is 0 Å². The second-order valence-electron chi connectivity index (χ2n) is 3.25. The molecule has 0 saturated carbocycles. The zero-order valence-corrected chi connectivity index (χ0v) is 13.5. The summed E-state index contributed by atoms with van der Waals surface area (Å²) in [5.74, 6) is -0.791. The minimum Gasteiger partial charge on any atom is -0.481 e. The Morgan fingerprint density at radius 1 is 1.07 bits per heavy atom. The van der Waals surface area contributed by atoms with Gasteiger partial charge in [-0.3, -0.25) is 4.79 Å². The molecule has 0 saturated heterocycles. The van der Waals surface area contributed by atoms with Gasteiger partial charge in [-0.05, 0) is 16.3 Å². The van der Waals surface area contributed by atoms with Crippen molar-refractivity contribution in [1.29, 1.82) is 0 Å². The van der Waals surface area contributed by atoms with Crippen molar-refractivity contribution in [2.24, 2.45) is 0 Å². The maximum absolute atomic E-state index is 10.5. The molecule has 0 fully saturated rings. The Morgan fingerprint density at radius 2 is 1.73 bits per heavy atom. The Bertz CT molecular complexity index is 480. The summed E-state index contributed by atoms with van der Waals surface area (Å²) in [6.45, 7) is 0. The third kappa shape index (κ3) is 3.49. The van der Waals surface area contributed by atoms with E-state index in [1.54, 1.807) is 0 Å². The Labute approximate surface area is 137 Å². The zero-order chi connectivity index (χ0) is 9.97. The van der Waals surface area contributed by atoms with Crippen molar-refractivity contribution in [1.82, 2.24) is 0 Å². The summed E-state index contributed by atoms with van der Waals surface area (Å²) in [7, 11) is 0. The van der Waals surface area contributed by atoms with Gasteiger partial charge in [0.05, 0.1) is 6.42 Å². The minimum absolute atomic E-state index is 0. The fraction of sp³-hybridized carbons (Fsp3) is 0.0833. The molecule has 0 aromatic heterocycles. The minimum atomic E-state index is -0.791. The van der Waals surface area contributed by atoms with E-state index in [-0.39, 0.29) is 64.6 Å². The first kappa shape index (κ1) is 13.0. The predicted molar refractivity (Wildman–Crippen MR) is 61.0 cm³/mol. The van der Waals surface area contributed by atoms with E-state index in [4.69, 9.17) is 5.11 Å². The third-order valence-corrected chi connectivity index (χ3v) is 2.17. The topological polar surface area (TPSA) is 37.3 Å². The number of fused-ring (bicyclic) bond motifs is 1. The molecule has 71 valence electrons. The first-order chi connectivity index (χ1) is 6.75. The Balaban J connectivity index is 0.00000112. The first-order valence-electron chi connectivity index (χ1n) is 4.45. The molecule has 3 heteroatoms. The van der Waals surface area contributed by atoms with Gasteiger partial charge in [0.15, 0.2) is 0 Å².